The molecule has 0 aromatic carbocycles. The molecule has 0 saturated heterocycles. The summed E-state index contributed by atoms with van der Waals surface area (Å²) in [6, 6.07) is 0. The fraction of sp³-hybridized carbons (Fsp3) is 0.900. The summed E-state index contributed by atoms with van der Waals surface area (Å²) in [5, 5.41) is 0. The van der Waals surface area contributed by atoms with Gasteiger partial charge in [0.15, 0.2) is 0 Å². The van der Waals surface area contributed by atoms with E-state index < -0.39 is 0 Å². The molecule has 0 aromatic heterocycles. The second kappa shape index (κ2) is 13.6. The highest BCUT2D eigenvalue weighted by molar-refractivity contribution is 5.80. The number of carbonyl (C=O) groups excluding carboxylic acids is 2. The molecule has 1 atom stereocenters. The lowest BCUT2D eigenvalue weighted by atomic mass is 9.98. The summed E-state index contributed by atoms with van der Waals surface area (Å²) < 4.78 is 0. The van der Waals surface area contributed by atoms with E-state index in [4.69, 9.17) is 0 Å². The zero-order chi connectivity index (χ0) is 17.7. The fourth-order valence-electron chi connectivity index (χ4n) is 2.77. The van der Waals surface area contributed by atoms with Gasteiger partial charge in [0.1, 0.15) is 5.78 Å². The number of unbranched alkanes of at least 4 members (excludes halogenated alkanes) is 6. The smallest absolute Gasteiger partial charge is 0.222 e. The third-order valence-corrected chi connectivity index (χ3v) is 4.54. The predicted molar refractivity (Wildman–Crippen MR) is 98.5 cm³/mol. The van der Waals surface area contributed by atoms with Crippen molar-refractivity contribution >= 4 is 11.7 Å². The highest BCUT2D eigenvalue weighted by Crippen LogP contribution is 2.13. The van der Waals surface area contributed by atoms with Crippen LogP contribution in [0.4, 0.5) is 0 Å². The van der Waals surface area contributed by atoms with Crippen molar-refractivity contribution in [3.8, 4) is 0 Å². The molecule has 0 aliphatic rings. The molecule has 3 heteroatoms. The van der Waals surface area contributed by atoms with Gasteiger partial charge in [0, 0.05) is 32.4 Å². The molecule has 0 radical (unpaired) electrons. The minimum Gasteiger partial charge on any atom is -0.346 e. The standard InChI is InChI=1S/C20H39NO2/c1-6-18(4)19(22)14-12-10-8-7-9-11-13-15-20(23)21(5)16-17(2)3/h17-18H,6-16H2,1-5H3. The Kier molecular flexibility index (Phi) is 13.1. The van der Waals surface area contributed by atoms with Crippen LogP contribution in [0.5, 0.6) is 0 Å². The van der Waals surface area contributed by atoms with Gasteiger partial charge in [-0.25, -0.2) is 0 Å². The van der Waals surface area contributed by atoms with Crippen LogP contribution in [0.25, 0.3) is 0 Å². The molecular formula is C20H39NO2. The quantitative estimate of drug-likeness (QED) is 0.410. The molecule has 0 bridgehead atoms. The maximum absolute atomic E-state index is 11.9. The van der Waals surface area contributed by atoms with Crippen molar-refractivity contribution in [1.29, 1.82) is 0 Å². The van der Waals surface area contributed by atoms with Gasteiger partial charge in [-0.3, -0.25) is 9.59 Å². The van der Waals surface area contributed by atoms with Crippen molar-refractivity contribution in [3.05, 3.63) is 0 Å². The molecule has 0 N–H and O–H groups in total. The lowest BCUT2D eigenvalue weighted by molar-refractivity contribution is -0.130. The van der Waals surface area contributed by atoms with Crippen molar-refractivity contribution in [2.75, 3.05) is 13.6 Å². The van der Waals surface area contributed by atoms with Crippen molar-refractivity contribution in [1.82, 2.24) is 4.90 Å². The van der Waals surface area contributed by atoms with E-state index in [1.165, 1.54) is 19.3 Å². The number of ketones is 1. The molecule has 0 rings (SSSR count). The summed E-state index contributed by atoms with van der Waals surface area (Å²) in [6.45, 7) is 9.24. The molecule has 0 spiro atoms. The van der Waals surface area contributed by atoms with E-state index in [2.05, 4.69) is 20.8 Å². The molecule has 136 valence electrons. The Bertz CT molecular complexity index is 326. The second-order valence-electron chi connectivity index (χ2n) is 7.42. The molecule has 23 heavy (non-hydrogen) atoms. The Hall–Kier alpha value is -0.860. The Morgan fingerprint density at radius 2 is 1.30 bits per heavy atom. The monoisotopic (exact) mass is 325 g/mol. The summed E-state index contributed by atoms with van der Waals surface area (Å²) in [4.78, 5) is 25.4. The first-order chi connectivity index (χ1) is 10.9. The largest absolute Gasteiger partial charge is 0.346 e. The topological polar surface area (TPSA) is 37.4 Å². The van der Waals surface area contributed by atoms with E-state index in [0.29, 0.717) is 18.1 Å². The summed E-state index contributed by atoms with van der Waals surface area (Å²) in [7, 11) is 1.91. The van der Waals surface area contributed by atoms with Gasteiger partial charge in [0.05, 0.1) is 0 Å². The first-order valence-corrected chi connectivity index (χ1v) is 9.65. The molecule has 0 saturated carbocycles. The summed E-state index contributed by atoms with van der Waals surface area (Å²) >= 11 is 0. The molecular weight excluding hydrogens is 286 g/mol. The Morgan fingerprint density at radius 1 is 0.826 bits per heavy atom. The molecule has 1 unspecified atom stereocenters. The Labute approximate surface area is 144 Å². The van der Waals surface area contributed by atoms with Crippen LogP contribution in [0.3, 0.4) is 0 Å². The summed E-state index contributed by atoms with van der Waals surface area (Å²) in [5.74, 6) is 1.48. The van der Waals surface area contributed by atoms with Crippen molar-refractivity contribution < 1.29 is 9.59 Å². The minimum atomic E-state index is 0.237. The first-order valence-electron chi connectivity index (χ1n) is 9.65. The predicted octanol–water partition coefficient (Wildman–Crippen LogP) is 5.23. The van der Waals surface area contributed by atoms with Crippen molar-refractivity contribution in [2.24, 2.45) is 11.8 Å². The van der Waals surface area contributed by atoms with Crippen LogP contribution in [0.1, 0.15) is 91.9 Å². The number of amides is 1. The Balaban J connectivity index is 3.43. The third-order valence-electron chi connectivity index (χ3n) is 4.54. The number of hydrogen-bond acceptors (Lipinski definition) is 2. The van der Waals surface area contributed by atoms with Crippen LogP contribution in [0.2, 0.25) is 0 Å². The van der Waals surface area contributed by atoms with Gasteiger partial charge < -0.3 is 4.90 Å². The number of carbonyl (C=O) groups is 2. The van der Waals surface area contributed by atoms with E-state index >= 15 is 0 Å². The average molecular weight is 326 g/mol. The molecule has 1 amide bonds. The van der Waals surface area contributed by atoms with Crippen LogP contribution in [0.15, 0.2) is 0 Å². The van der Waals surface area contributed by atoms with Gasteiger partial charge in [-0.1, -0.05) is 59.8 Å². The molecule has 0 aliphatic carbocycles. The van der Waals surface area contributed by atoms with Crippen LogP contribution in [-0.4, -0.2) is 30.2 Å². The van der Waals surface area contributed by atoms with Crippen molar-refractivity contribution in [2.45, 2.75) is 91.9 Å². The zero-order valence-electron chi connectivity index (χ0n) is 16.2. The van der Waals surface area contributed by atoms with Gasteiger partial charge in [-0.15, -0.1) is 0 Å². The lowest BCUT2D eigenvalue weighted by Gasteiger charge is -2.19. The molecule has 0 aromatic rings. The molecule has 0 fully saturated rings. The average Bonchev–Trinajstić information content (AvgIpc) is 2.51. The maximum Gasteiger partial charge on any atom is 0.222 e. The van der Waals surface area contributed by atoms with E-state index in [-0.39, 0.29) is 11.8 Å². The third kappa shape index (κ3) is 12.3. The Morgan fingerprint density at radius 3 is 1.78 bits per heavy atom. The van der Waals surface area contributed by atoms with Gasteiger partial charge in [-0.2, -0.15) is 0 Å². The normalized spacial score (nSPS) is 12.4. The van der Waals surface area contributed by atoms with E-state index in [9.17, 15) is 9.59 Å². The number of hydrogen-bond donors (Lipinski definition) is 0. The summed E-state index contributed by atoms with van der Waals surface area (Å²) in [6.07, 6.45) is 10.4. The van der Waals surface area contributed by atoms with E-state index in [1.54, 1.807) is 0 Å². The number of Topliss-reactive ketones (excluding diaryl/α,β-unsaturated/α-hetero) is 1. The number of rotatable bonds is 14. The first kappa shape index (κ1) is 22.1. The highest BCUT2D eigenvalue weighted by Gasteiger charge is 2.10. The van der Waals surface area contributed by atoms with E-state index in [0.717, 1.165) is 45.1 Å². The van der Waals surface area contributed by atoms with E-state index in [1.807, 2.05) is 18.9 Å². The number of nitrogens with zero attached hydrogens (tertiary/aromatic N) is 1. The maximum atomic E-state index is 11.9. The SMILES string of the molecule is CCC(C)C(=O)CCCCCCCCCC(=O)N(C)CC(C)C. The van der Waals surface area contributed by atoms with Gasteiger partial charge in [0.25, 0.3) is 0 Å². The van der Waals surface area contributed by atoms with Crippen LogP contribution in [0, 0.1) is 11.8 Å². The lowest BCUT2D eigenvalue weighted by Crippen LogP contribution is -2.29. The molecule has 3 nitrogen and oxygen atoms in total. The highest BCUT2D eigenvalue weighted by atomic mass is 16.2. The summed E-state index contributed by atoms with van der Waals surface area (Å²) in [5.41, 5.74) is 0. The van der Waals surface area contributed by atoms with Gasteiger partial charge in [-0.05, 0) is 25.2 Å². The zero-order valence-corrected chi connectivity index (χ0v) is 16.2. The van der Waals surface area contributed by atoms with Gasteiger partial charge in [0.2, 0.25) is 5.91 Å². The van der Waals surface area contributed by atoms with Crippen LogP contribution in [-0.2, 0) is 9.59 Å². The van der Waals surface area contributed by atoms with Crippen molar-refractivity contribution in [3.63, 3.8) is 0 Å². The molecule has 0 aliphatic heterocycles. The minimum absolute atomic E-state index is 0.237. The van der Waals surface area contributed by atoms with Crippen LogP contribution >= 0.6 is 0 Å². The van der Waals surface area contributed by atoms with Gasteiger partial charge >= 0.3 is 0 Å². The fourth-order valence-corrected chi connectivity index (χ4v) is 2.77. The second-order valence-corrected chi connectivity index (χ2v) is 7.42. The molecule has 0 heterocycles. The van der Waals surface area contributed by atoms with Crippen LogP contribution < -0.4 is 0 Å².